The SMILES string of the molecule is FC1(F)CO[P@@]2(Cl)=NP(Cl)(Cl)=N[P@](Cl)(=N2)OCC(F)(F)C(F)(F)C(F)(F)C(F)(F)CO[P@@]2(Cl)=N[P@](Cl)(=NP(Cl)(Cl)=N2)OCC(F)(F)C(F)(F)C1(F)F. The van der Waals surface area contributed by atoms with Crippen molar-refractivity contribution in [3.63, 3.8) is 0 Å². The third kappa shape index (κ3) is 9.56. The highest BCUT2D eigenvalue weighted by Gasteiger charge is 2.82. The maximum atomic E-state index is 14.6. The molecule has 3 heterocycles. The highest BCUT2D eigenvalue weighted by atomic mass is 35.9. The molecule has 0 unspecified atom stereocenters. The van der Waals surface area contributed by atoms with Gasteiger partial charge in [-0.25, -0.2) is 0 Å². The van der Waals surface area contributed by atoms with E-state index in [4.69, 9.17) is 89.9 Å². The van der Waals surface area contributed by atoms with E-state index in [0.717, 1.165) is 0 Å². The lowest BCUT2D eigenvalue weighted by Gasteiger charge is -2.38. The van der Waals surface area contributed by atoms with Crippen molar-refractivity contribution in [3.05, 3.63) is 0 Å². The molecule has 3 rings (SSSR count). The van der Waals surface area contributed by atoms with Gasteiger partial charge in [-0.1, -0.05) is 0 Å². The van der Waals surface area contributed by atoms with E-state index >= 15 is 0 Å². The lowest BCUT2D eigenvalue weighted by molar-refractivity contribution is -0.371. The van der Waals surface area contributed by atoms with Gasteiger partial charge < -0.3 is 18.1 Å². The van der Waals surface area contributed by atoms with Crippen LogP contribution >= 0.6 is 129 Å². The number of nitrogens with zero attached hydrogens (tertiary/aromatic N) is 6. The number of fused-ring (bicyclic) bond motifs is 2. The standard InChI is InChI=1S/C12H8Cl8F16N6O4P6/c13-47(14)37-49(17)41-50(18,38-47)44-3-7(25,26)11(33,34)12(35,36)8(27,28)4-46-52(20)40-48(15,16)39-51(19,42-52)45-2-6(23,24)10(31,32)9(29,30)5(21,22)1-43-49/h1-4H2/t49-,50+,51-,52+. The van der Waals surface area contributed by atoms with Crippen LogP contribution in [0, 0.1) is 0 Å². The van der Waals surface area contributed by atoms with Crippen molar-refractivity contribution in [3.8, 4) is 0 Å². The van der Waals surface area contributed by atoms with Crippen molar-refractivity contribution in [1.29, 1.82) is 0 Å². The Kier molecular flexibility index (Phi) is 13.7. The van der Waals surface area contributed by atoms with E-state index < -0.39 is 113 Å². The number of rotatable bonds is 0. The van der Waals surface area contributed by atoms with Crippen molar-refractivity contribution in [1.82, 2.24) is 0 Å². The zero-order valence-corrected chi connectivity index (χ0v) is 34.3. The first-order valence-electron chi connectivity index (χ1n) is 11.6. The van der Waals surface area contributed by atoms with Crippen molar-refractivity contribution in [2.45, 2.75) is 47.4 Å². The lowest BCUT2D eigenvalue weighted by Crippen LogP contribution is -2.64. The Hall–Kier alpha value is 2.42. The summed E-state index contributed by atoms with van der Waals surface area (Å²) in [6.45, 7) is -34.7. The maximum absolute atomic E-state index is 14.6. The monoisotopic (exact) mass is 1070 g/mol. The summed E-state index contributed by atoms with van der Waals surface area (Å²) in [6, 6.07) is 0. The van der Waals surface area contributed by atoms with Crippen LogP contribution in [0.3, 0.4) is 0 Å². The zero-order chi connectivity index (χ0) is 40.9. The molecule has 0 amide bonds. The number of alkyl halides is 16. The van der Waals surface area contributed by atoms with Crippen LogP contribution in [-0.2, 0) is 18.1 Å². The maximum Gasteiger partial charge on any atom is 0.380 e. The Balaban J connectivity index is 2.28. The van der Waals surface area contributed by atoms with Crippen molar-refractivity contribution in [2.24, 2.45) is 27.1 Å². The molecule has 0 saturated heterocycles. The van der Waals surface area contributed by atoms with E-state index in [1.165, 1.54) is 0 Å². The van der Waals surface area contributed by atoms with Crippen LogP contribution in [0.5, 0.6) is 0 Å². The second-order valence-electron chi connectivity index (χ2n) is 9.55. The van der Waals surface area contributed by atoms with Gasteiger partial charge in [0.05, 0.1) is 0 Å². The summed E-state index contributed by atoms with van der Waals surface area (Å²) < 4.78 is 268. The van der Waals surface area contributed by atoms with E-state index in [0.29, 0.717) is 0 Å². The minimum Gasteiger partial charge on any atom is -0.309 e. The summed E-state index contributed by atoms with van der Waals surface area (Å²) in [5.41, 5.74) is 0. The molecule has 0 spiro atoms. The van der Waals surface area contributed by atoms with E-state index in [1.54, 1.807) is 0 Å². The first-order chi connectivity index (χ1) is 22.6. The van der Waals surface area contributed by atoms with E-state index in [1.807, 2.05) is 0 Å². The first kappa shape index (κ1) is 48.8. The molecule has 0 fully saturated rings. The summed E-state index contributed by atoms with van der Waals surface area (Å²) >= 11 is 44.8. The molecule has 0 aromatic rings. The van der Waals surface area contributed by atoms with Gasteiger partial charge in [-0.2, -0.15) is 97.3 Å². The molecule has 308 valence electrons. The van der Waals surface area contributed by atoms with Crippen molar-refractivity contribution in [2.75, 3.05) is 26.4 Å². The Bertz CT molecular complexity index is 1630. The molecule has 10 nitrogen and oxygen atoms in total. The summed E-state index contributed by atoms with van der Waals surface area (Å²) in [7, 11) is 0. The number of hydrogen-bond donors (Lipinski definition) is 0. The Morgan fingerprint density at radius 3 is 0.673 bits per heavy atom. The molecular formula is C12H8Cl8F16N6O4P6. The van der Waals surface area contributed by atoms with Crippen molar-refractivity contribution < 1.29 is 88.3 Å². The molecule has 52 heavy (non-hydrogen) atoms. The molecule has 0 aromatic heterocycles. The topological polar surface area (TPSA) is 111 Å². The Labute approximate surface area is 316 Å². The normalized spacial score (nSPS) is 40.2. The predicted molar refractivity (Wildman–Crippen MR) is 166 cm³/mol. The molecular weight excluding hydrogens is 1070 g/mol. The minimum absolute atomic E-state index is 2.86. The van der Waals surface area contributed by atoms with Gasteiger partial charge in [0.2, 0.25) is 0 Å². The van der Waals surface area contributed by atoms with E-state index in [-0.39, 0.29) is 0 Å². The Morgan fingerprint density at radius 1 is 0.308 bits per heavy atom. The van der Waals surface area contributed by atoms with Crippen molar-refractivity contribution >= 4 is 129 Å². The highest BCUT2D eigenvalue weighted by Crippen LogP contribution is 2.87. The van der Waals surface area contributed by atoms with Gasteiger partial charge in [-0.15, -0.1) is 0 Å². The van der Waals surface area contributed by atoms with Gasteiger partial charge >= 0.3 is 74.5 Å². The summed E-state index contributed by atoms with van der Waals surface area (Å²) in [4.78, 5) is 0. The van der Waals surface area contributed by atoms with Gasteiger partial charge in [-0.3, -0.25) is 0 Å². The van der Waals surface area contributed by atoms with Crippen LogP contribution in [-0.4, -0.2) is 73.8 Å². The summed E-state index contributed by atoms with van der Waals surface area (Å²) in [5.74, 6) is -64.4. The number of halogens is 24. The lowest BCUT2D eigenvalue weighted by atomic mass is 9.99. The second kappa shape index (κ2) is 14.6. The largest absolute Gasteiger partial charge is 0.380 e. The molecule has 3 aliphatic rings. The third-order valence-electron chi connectivity index (χ3n) is 5.58. The van der Waals surface area contributed by atoms with Crippen LogP contribution in [0.15, 0.2) is 27.1 Å². The molecule has 40 heteroatoms. The second-order valence-corrected chi connectivity index (χ2v) is 32.5. The molecule has 4 atom stereocenters. The van der Waals surface area contributed by atoms with Gasteiger partial charge in [0.1, 0.15) is 26.4 Å². The fourth-order valence-electron chi connectivity index (χ4n) is 3.05. The molecule has 0 radical (unpaired) electrons. The molecule has 3 aliphatic heterocycles. The van der Waals surface area contributed by atoms with E-state index in [9.17, 15) is 70.2 Å². The van der Waals surface area contributed by atoms with Gasteiger partial charge in [-0.05, 0) is 89.9 Å². The van der Waals surface area contributed by atoms with E-state index in [2.05, 4.69) is 45.2 Å². The average Bonchev–Trinajstić information content (AvgIpc) is 2.90. The highest BCUT2D eigenvalue weighted by molar-refractivity contribution is 8.17. The summed E-state index contributed by atoms with van der Waals surface area (Å²) in [5, 5.41) is 0. The van der Waals surface area contributed by atoms with Gasteiger partial charge in [0.15, 0.2) is 0 Å². The molecule has 0 N–H and O–H groups in total. The first-order valence-corrected chi connectivity index (χ1v) is 28.7. The van der Waals surface area contributed by atoms with Crippen LogP contribution in [0.2, 0.25) is 0 Å². The van der Waals surface area contributed by atoms with Crippen LogP contribution < -0.4 is 0 Å². The third-order valence-corrected chi connectivity index (χ3v) is 28.8. The molecule has 4 bridgehead atoms. The van der Waals surface area contributed by atoms with Crippen LogP contribution in [0.1, 0.15) is 0 Å². The fourth-order valence-corrected chi connectivity index (χ4v) is 32.3. The quantitative estimate of drug-likeness (QED) is 0.178. The fraction of sp³-hybridized carbons (Fsp3) is 1.00. The zero-order valence-electron chi connectivity index (χ0n) is 22.9. The number of hydrogen-bond acceptors (Lipinski definition) is 10. The predicted octanol–water partition coefficient (Wildman–Crippen LogP) is 16.8. The minimum atomic E-state index is -7.22. The Morgan fingerprint density at radius 2 is 0.481 bits per heavy atom. The van der Waals surface area contributed by atoms with Gasteiger partial charge in [0.25, 0.3) is 11.8 Å². The summed E-state index contributed by atoms with van der Waals surface area (Å²) in [6.07, 6.45) is 0. The molecule has 0 aliphatic carbocycles. The van der Waals surface area contributed by atoms with Gasteiger partial charge in [0, 0.05) is 0 Å². The smallest absolute Gasteiger partial charge is 0.309 e. The van der Waals surface area contributed by atoms with Crippen LogP contribution in [0.4, 0.5) is 70.2 Å². The molecule has 0 saturated carbocycles. The molecule has 0 aromatic carbocycles. The average molecular weight is 1070 g/mol. The van der Waals surface area contributed by atoms with Crippen LogP contribution in [0.25, 0.3) is 0 Å².